The molecule has 3 rings (SSSR count). The molecule has 1 aliphatic carbocycles. The molecular formula is C17H26N4O3. The summed E-state index contributed by atoms with van der Waals surface area (Å²) in [5.74, 6) is -0.0711. The number of nitrogens with one attached hydrogen (secondary N) is 1. The van der Waals surface area contributed by atoms with E-state index in [2.05, 4.69) is 10.4 Å². The molecule has 2 heterocycles. The Labute approximate surface area is 142 Å². The standard InChI is InChI=1S/C17H26N4O3/c1-11(13-10-18-20(3)12(13)2)19-16(23)21-7-5-17(6-8-21)9-14(17)15(22)24-4/h10-11,14H,5-9H2,1-4H3,(H,19,23)/t11-,14-/m1/s1. The van der Waals surface area contributed by atoms with Crippen molar-refractivity contribution in [2.45, 2.75) is 39.2 Å². The number of aromatic nitrogens is 2. The molecule has 24 heavy (non-hydrogen) atoms. The zero-order chi connectivity index (χ0) is 17.5. The van der Waals surface area contributed by atoms with Crippen LogP contribution in [0.2, 0.25) is 0 Å². The molecule has 1 spiro atoms. The molecule has 2 amide bonds. The highest BCUT2D eigenvalue weighted by Gasteiger charge is 2.59. The van der Waals surface area contributed by atoms with Gasteiger partial charge in [0.2, 0.25) is 0 Å². The fourth-order valence-electron chi connectivity index (χ4n) is 3.83. The summed E-state index contributed by atoms with van der Waals surface area (Å²) < 4.78 is 6.66. The first-order chi connectivity index (χ1) is 11.4. The minimum Gasteiger partial charge on any atom is -0.469 e. The predicted molar refractivity (Wildman–Crippen MR) is 88.3 cm³/mol. The second kappa shape index (κ2) is 6.11. The van der Waals surface area contributed by atoms with Crippen LogP contribution in [0.4, 0.5) is 4.79 Å². The maximum absolute atomic E-state index is 12.5. The second-order valence-electron chi connectivity index (χ2n) is 7.11. The third kappa shape index (κ3) is 2.87. The Morgan fingerprint density at radius 2 is 2.08 bits per heavy atom. The number of urea groups is 1. The lowest BCUT2D eigenvalue weighted by atomic mass is 9.91. The van der Waals surface area contributed by atoms with Gasteiger partial charge in [0.05, 0.1) is 25.3 Å². The number of carbonyl (C=O) groups is 2. The fourth-order valence-corrected chi connectivity index (χ4v) is 3.83. The molecule has 1 aliphatic heterocycles. The van der Waals surface area contributed by atoms with Crippen LogP contribution in [-0.4, -0.2) is 46.9 Å². The zero-order valence-corrected chi connectivity index (χ0v) is 14.8. The van der Waals surface area contributed by atoms with Crippen molar-refractivity contribution in [3.8, 4) is 0 Å². The summed E-state index contributed by atoms with van der Waals surface area (Å²) in [6.45, 7) is 5.35. The Morgan fingerprint density at radius 1 is 1.42 bits per heavy atom. The Bertz CT molecular complexity index is 646. The van der Waals surface area contributed by atoms with Gasteiger partial charge in [-0.3, -0.25) is 9.48 Å². The third-order valence-corrected chi connectivity index (χ3v) is 5.80. The van der Waals surface area contributed by atoms with E-state index in [4.69, 9.17) is 4.74 Å². The molecule has 0 unspecified atom stereocenters. The van der Waals surface area contributed by atoms with Gasteiger partial charge in [0.15, 0.2) is 0 Å². The van der Waals surface area contributed by atoms with Crippen LogP contribution in [-0.2, 0) is 16.6 Å². The summed E-state index contributed by atoms with van der Waals surface area (Å²) in [5, 5.41) is 7.28. The van der Waals surface area contributed by atoms with E-state index in [0.29, 0.717) is 13.1 Å². The summed E-state index contributed by atoms with van der Waals surface area (Å²) in [6.07, 6.45) is 4.46. The van der Waals surface area contributed by atoms with Gasteiger partial charge in [-0.05, 0) is 38.5 Å². The number of hydrogen-bond donors (Lipinski definition) is 1. The highest BCUT2D eigenvalue weighted by atomic mass is 16.5. The van der Waals surface area contributed by atoms with E-state index in [9.17, 15) is 9.59 Å². The summed E-state index contributed by atoms with van der Waals surface area (Å²) in [6, 6.07) is -0.123. The average molecular weight is 334 g/mol. The number of esters is 1. The van der Waals surface area contributed by atoms with E-state index in [1.54, 1.807) is 6.20 Å². The van der Waals surface area contributed by atoms with E-state index >= 15 is 0 Å². The van der Waals surface area contributed by atoms with E-state index in [-0.39, 0.29) is 29.4 Å². The Morgan fingerprint density at radius 3 is 2.62 bits per heavy atom. The lowest BCUT2D eigenvalue weighted by molar-refractivity contribution is -0.143. The van der Waals surface area contributed by atoms with Crippen LogP contribution < -0.4 is 5.32 Å². The molecule has 7 nitrogen and oxygen atoms in total. The van der Waals surface area contributed by atoms with Crippen LogP contribution in [0.15, 0.2) is 6.20 Å². The smallest absolute Gasteiger partial charge is 0.317 e. The van der Waals surface area contributed by atoms with Crippen LogP contribution in [0.1, 0.15) is 43.5 Å². The SMILES string of the molecule is COC(=O)[C@H]1CC12CCN(C(=O)N[C@H](C)c1cnn(C)c1C)CC2. The fraction of sp³-hybridized carbons (Fsp3) is 0.706. The third-order valence-electron chi connectivity index (χ3n) is 5.80. The number of aryl methyl sites for hydroxylation is 1. The first-order valence-corrected chi connectivity index (χ1v) is 8.50. The van der Waals surface area contributed by atoms with Crippen LogP contribution in [0.25, 0.3) is 0 Å². The number of piperidine rings is 1. The van der Waals surface area contributed by atoms with Crippen molar-refractivity contribution in [1.29, 1.82) is 0 Å². The molecule has 0 aromatic carbocycles. The van der Waals surface area contributed by atoms with Gasteiger partial charge in [0.25, 0.3) is 0 Å². The van der Waals surface area contributed by atoms with Gasteiger partial charge < -0.3 is 15.0 Å². The second-order valence-corrected chi connectivity index (χ2v) is 7.11. The molecule has 2 aliphatic rings. The van der Waals surface area contributed by atoms with E-state index in [0.717, 1.165) is 30.5 Å². The first-order valence-electron chi connectivity index (χ1n) is 8.50. The molecule has 2 atom stereocenters. The number of hydrogen-bond acceptors (Lipinski definition) is 4. The minimum atomic E-state index is -0.103. The van der Waals surface area contributed by atoms with Gasteiger partial charge in [-0.25, -0.2) is 4.79 Å². The number of ether oxygens (including phenoxy) is 1. The summed E-state index contributed by atoms with van der Waals surface area (Å²) in [7, 11) is 3.34. The van der Waals surface area contributed by atoms with Crippen molar-refractivity contribution < 1.29 is 14.3 Å². The van der Waals surface area contributed by atoms with E-state index < -0.39 is 0 Å². The van der Waals surface area contributed by atoms with Gasteiger partial charge in [-0.15, -0.1) is 0 Å². The molecule has 1 aromatic rings. The molecule has 1 saturated carbocycles. The molecule has 2 fully saturated rings. The zero-order valence-electron chi connectivity index (χ0n) is 14.8. The van der Waals surface area contributed by atoms with E-state index in [1.807, 2.05) is 30.5 Å². The number of methoxy groups -OCH3 is 1. The van der Waals surface area contributed by atoms with Crippen LogP contribution in [0.5, 0.6) is 0 Å². The monoisotopic (exact) mass is 334 g/mol. The number of nitrogens with zero attached hydrogens (tertiary/aromatic N) is 3. The van der Waals surface area contributed by atoms with Gasteiger partial charge in [-0.2, -0.15) is 5.10 Å². The van der Waals surface area contributed by atoms with Gasteiger partial charge in [-0.1, -0.05) is 0 Å². The lowest BCUT2D eigenvalue weighted by Crippen LogP contribution is -2.46. The first kappa shape index (κ1) is 16.8. The van der Waals surface area contributed by atoms with Crippen molar-refractivity contribution in [3.63, 3.8) is 0 Å². The maximum atomic E-state index is 12.5. The number of rotatable bonds is 3. The molecule has 1 N–H and O–H groups in total. The van der Waals surface area contributed by atoms with E-state index in [1.165, 1.54) is 7.11 Å². The highest BCUT2D eigenvalue weighted by Crippen LogP contribution is 2.59. The maximum Gasteiger partial charge on any atom is 0.317 e. The lowest BCUT2D eigenvalue weighted by Gasteiger charge is -2.33. The van der Waals surface area contributed by atoms with Crippen molar-refractivity contribution in [1.82, 2.24) is 20.0 Å². The normalized spacial score (nSPS) is 23.0. The topological polar surface area (TPSA) is 76.5 Å². The van der Waals surface area contributed by atoms with Gasteiger partial charge in [0.1, 0.15) is 0 Å². The molecule has 7 heteroatoms. The quantitative estimate of drug-likeness (QED) is 0.855. The van der Waals surface area contributed by atoms with Crippen LogP contribution in [0, 0.1) is 18.3 Å². The molecule has 0 radical (unpaired) electrons. The largest absolute Gasteiger partial charge is 0.469 e. The Kier molecular flexibility index (Phi) is 4.27. The molecular weight excluding hydrogens is 308 g/mol. The van der Waals surface area contributed by atoms with Gasteiger partial charge >= 0.3 is 12.0 Å². The Balaban J connectivity index is 1.53. The van der Waals surface area contributed by atoms with Crippen molar-refractivity contribution in [2.24, 2.45) is 18.4 Å². The molecule has 1 aromatic heterocycles. The van der Waals surface area contributed by atoms with Gasteiger partial charge in [0, 0.05) is 31.4 Å². The minimum absolute atomic E-state index is 0.0321. The molecule has 0 bridgehead atoms. The molecule has 1 saturated heterocycles. The number of likely N-dealkylation sites (tertiary alicyclic amines) is 1. The average Bonchev–Trinajstić information content (AvgIpc) is 3.16. The summed E-state index contributed by atoms with van der Waals surface area (Å²) in [5.41, 5.74) is 2.17. The highest BCUT2D eigenvalue weighted by molar-refractivity contribution is 5.77. The van der Waals surface area contributed by atoms with Crippen molar-refractivity contribution >= 4 is 12.0 Å². The number of amides is 2. The van der Waals surface area contributed by atoms with Crippen LogP contribution in [0.3, 0.4) is 0 Å². The van der Waals surface area contributed by atoms with Crippen LogP contribution >= 0.6 is 0 Å². The summed E-state index contributed by atoms with van der Waals surface area (Å²) >= 11 is 0. The Hall–Kier alpha value is -2.05. The summed E-state index contributed by atoms with van der Waals surface area (Å²) in [4.78, 5) is 26.0. The predicted octanol–water partition coefficient (Wildman–Crippen LogP) is 1.77. The van der Waals surface area contributed by atoms with Crippen molar-refractivity contribution in [3.05, 3.63) is 17.5 Å². The molecule has 132 valence electrons. The van der Waals surface area contributed by atoms with Crippen molar-refractivity contribution in [2.75, 3.05) is 20.2 Å². The number of carbonyl (C=O) groups excluding carboxylic acids is 2.